The molecule has 0 spiro atoms. The molecule has 2 saturated heterocycles. The second-order valence-electron chi connectivity index (χ2n) is 9.24. The van der Waals surface area contributed by atoms with E-state index in [-0.39, 0.29) is 24.3 Å². The molecular formula is C25H37N3O3. The molecule has 6 nitrogen and oxygen atoms in total. The van der Waals surface area contributed by atoms with Crippen LogP contribution in [-0.4, -0.2) is 67.5 Å². The molecule has 4 rings (SSSR count). The Morgan fingerprint density at radius 2 is 1.61 bits per heavy atom. The second-order valence-corrected chi connectivity index (χ2v) is 9.24. The van der Waals surface area contributed by atoms with Gasteiger partial charge in [-0.15, -0.1) is 0 Å². The molecule has 170 valence electrons. The second kappa shape index (κ2) is 11.0. The number of hydrogen-bond acceptors (Lipinski definition) is 4. The number of piperidine rings is 1. The summed E-state index contributed by atoms with van der Waals surface area (Å²) in [5.41, 5.74) is 0.885. The van der Waals surface area contributed by atoms with Gasteiger partial charge in [-0.2, -0.15) is 0 Å². The normalized spacial score (nSPS) is 21.4. The molecular weight excluding hydrogens is 390 g/mol. The Kier molecular flexibility index (Phi) is 7.84. The zero-order valence-corrected chi connectivity index (χ0v) is 18.8. The number of carbonyl (C=O) groups excluding carboxylic acids is 2. The third-order valence-electron chi connectivity index (χ3n) is 6.97. The average Bonchev–Trinajstić information content (AvgIpc) is 2.83. The Labute approximate surface area is 186 Å². The molecule has 1 saturated carbocycles. The number of rotatable bonds is 7. The van der Waals surface area contributed by atoms with Crippen molar-refractivity contribution in [3.8, 4) is 5.75 Å². The third kappa shape index (κ3) is 6.00. The lowest BCUT2D eigenvalue weighted by Crippen LogP contribution is -2.53. The topological polar surface area (TPSA) is 53.1 Å². The first-order valence-electron chi connectivity index (χ1n) is 12.2. The fourth-order valence-electron chi connectivity index (χ4n) is 5.13. The maximum atomic E-state index is 12.7. The first-order chi connectivity index (χ1) is 15.2. The van der Waals surface area contributed by atoms with Crippen molar-refractivity contribution < 1.29 is 14.3 Å². The van der Waals surface area contributed by atoms with Gasteiger partial charge in [-0.1, -0.05) is 25.7 Å². The quantitative estimate of drug-likeness (QED) is 0.623. The first-order valence-corrected chi connectivity index (χ1v) is 12.2. The lowest BCUT2D eigenvalue weighted by Gasteiger charge is -2.36. The van der Waals surface area contributed by atoms with Crippen molar-refractivity contribution in [2.75, 3.05) is 50.8 Å². The van der Waals surface area contributed by atoms with E-state index >= 15 is 0 Å². The lowest BCUT2D eigenvalue weighted by atomic mass is 9.88. The van der Waals surface area contributed by atoms with E-state index in [4.69, 9.17) is 4.74 Å². The van der Waals surface area contributed by atoms with Crippen LogP contribution in [0.3, 0.4) is 0 Å². The zero-order chi connectivity index (χ0) is 21.5. The van der Waals surface area contributed by atoms with Gasteiger partial charge in [0.25, 0.3) is 0 Å². The predicted octanol–water partition coefficient (Wildman–Crippen LogP) is 3.70. The summed E-state index contributed by atoms with van der Waals surface area (Å²) >= 11 is 0. The standard InChI is InChI=1S/C25H37N3O3/c29-24-20-27(25(30)21-8-3-1-4-9-21)17-18-28(24)22-10-12-23(13-11-22)31-19-7-16-26-14-5-2-6-15-26/h10-13,21H,1-9,14-20H2. The van der Waals surface area contributed by atoms with E-state index < -0.39 is 0 Å². The summed E-state index contributed by atoms with van der Waals surface area (Å²) in [7, 11) is 0. The summed E-state index contributed by atoms with van der Waals surface area (Å²) < 4.78 is 5.90. The number of carbonyl (C=O) groups is 2. The van der Waals surface area contributed by atoms with Gasteiger partial charge in [0.1, 0.15) is 12.3 Å². The van der Waals surface area contributed by atoms with Crippen molar-refractivity contribution in [3.63, 3.8) is 0 Å². The molecule has 3 aliphatic rings. The highest BCUT2D eigenvalue weighted by Gasteiger charge is 2.32. The minimum Gasteiger partial charge on any atom is -0.494 e. The van der Waals surface area contributed by atoms with Crippen LogP contribution in [0.1, 0.15) is 57.8 Å². The summed E-state index contributed by atoms with van der Waals surface area (Å²) in [5, 5.41) is 0. The molecule has 2 amide bonds. The Morgan fingerprint density at radius 1 is 0.903 bits per heavy atom. The highest BCUT2D eigenvalue weighted by molar-refractivity contribution is 5.98. The van der Waals surface area contributed by atoms with Gasteiger partial charge in [-0.3, -0.25) is 9.59 Å². The van der Waals surface area contributed by atoms with E-state index in [2.05, 4.69) is 4.90 Å². The van der Waals surface area contributed by atoms with Crippen molar-refractivity contribution in [2.45, 2.75) is 57.8 Å². The molecule has 6 heteroatoms. The average molecular weight is 428 g/mol. The number of nitrogens with zero attached hydrogens (tertiary/aromatic N) is 3. The lowest BCUT2D eigenvalue weighted by molar-refractivity contribution is -0.141. The van der Waals surface area contributed by atoms with E-state index in [1.807, 2.05) is 24.3 Å². The molecule has 0 atom stereocenters. The smallest absolute Gasteiger partial charge is 0.246 e. The Balaban J connectivity index is 1.21. The number of benzene rings is 1. The van der Waals surface area contributed by atoms with Crippen LogP contribution in [0.4, 0.5) is 5.69 Å². The number of hydrogen-bond donors (Lipinski definition) is 0. The highest BCUT2D eigenvalue weighted by atomic mass is 16.5. The molecule has 0 aromatic heterocycles. The summed E-state index contributed by atoms with van der Waals surface area (Å²) in [6.07, 6.45) is 10.5. The third-order valence-corrected chi connectivity index (χ3v) is 6.97. The van der Waals surface area contributed by atoms with Crippen LogP contribution in [0.2, 0.25) is 0 Å². The summed E-state index contributed by atoms with van der Waals surface area (Å²) in [5.74, 6) is 1.16. The molecule has 3 fully saturated rings. The molecule has 0 radical (unpaired) electrons. The van der Waals surface area contributed by atoms with E-state index in [9.17, 15) is 9.59 Å². The molecule has 0 N–H and O–H groups in total. The van der Waals surface area contributed by atoms with Crippen LogP contribution in [0.15, 0.2) is 24.3 Å². The van der Waals surface area contributed by atoms with Gasteiger partial charge >= 0.3 is 0 Å². The van der Waals surface area contributed by atoms with Crippen LogP contribution in [0.5, 0.6) is 5.75 Å². The van der Waals surface area contributed by atoms with Gasteiger partial charge < -0.3 is 19.4 Å². The summed E-state index contributed by atoms with van der Waals surface area (Å²) in [6, 6.07) is 7.80. The predicted molar refractivity (Wildman–Crippen MR) is 122 cm³/mol. The number of amides is 2. The molecule has 1 aromatic carbocycles. The molecule has 31 heavy (non-hydrogen) atoms. The maximum absolute atomic E-state index is 12.7. The minimum atomic E-state index is 0.00519. The molecule has 1 aliphatic carbocycles. The van der Waals surface area contributed by atoms with E-state index in [0.29, 0.717) is 13.1 Å². The van der Waals surface area contributed by atoms with E-state index in [0.717, 1.165) is 56.7 Å². The fourth-order valence-corrected chi connectivity index (χ4v) is 5.13. The van der Waals surface area contributed by atoms with Gasteiger partial charge in [-0.25, -0.2) is 0 Å². The number of anilines is 1. The van der Waals surface area contributed by atoms with Crippen molar-refractivity contribution in [2.24, 2.45) is 5.92 Å². The van der Waals surface area contributed by atoms with Crippen LogP contribution in [-0.2, 0) is 9.59 Å². The van der Waals surface area contributed by atoms with E-state index in [1.54, 1.807) is 9.80 Å². The van der Waals surface area contributed by atoms with Crippen LogP contribution in [0.25, 0.3) is 0 Å². The van der Waals surface area contributed by atoms with Gasteiger partial charge in [0.05, 0.1) is 6.61 Å². The van der Waals surface area contributed by atoms with Crippen molar-refractivity contribution in [3.05, 3.63) is 24.3 Å². The van der Waals surface area contributed by atoms with Crippen LogP contribution in [0, 0.1) is 5.92 Å². The molecule has 2 aliphatic heterocycles. The largest absolute Gasteiger partial charge is 0.494 e. The summed E-state index contributed by atoms with van der Waals surface area (Å²) in [6.45, 7) is 5.66. The number of ether oxygens (including phenoxy) is 1. The zero-order valence-electron chi connectivity index (χ0n) is 18.8. The fraction of sp³-hybridized carbons (Fsp3) is 0.680. The van der Waals surface area contributed by atoms with Gasteiger partial charge in [0.2, 0.25) is 11.8 Å². The monoisotopic (exact) mass is 427 g/mol. The molecule has 0 bridgehead atoms. The molecule has 1 aromatic rings. The van der Waals surface area contributed by atoms with Gasteiger partial charge in [0.15, 0.2) is 0 Å². The number of piperazine rings is 1. The van der Waals surface area contributed by atoms with Crippen molar-refractivity contribution >= 4 is 17.5 Å². The molecule has 2 heterocycles. The first kappa shape index (κ1) is 22.1. The van der Waals surface area contributed by atoms with Crippen LogP contribution < -0.4 is 9.64 Å². The Hall–Kier alpha value is -2.08. The van der Waals surface area contributed by atoms with Crippen molar-refractivity contribution in [1.82, 2.24) is 9.80 Å². The van der Waals surface area contributed by atoms with Gasteiger partial charge in [0, 0.05) is 31.2 Å². The highest BCUT2D eigenvalue weighted by Crippen LogP contribution is 2.27. The van der Waals surface area contributed by atoms with Crippen molar-refractivity contribution in [1.29, 1.82) is 0 Å². The summed E-state index contributed by atoms with van der Waals surface area (Å²) in [4.78, 5) is 31.6. The Bertz CT molecular complexity index is 724. The van der Waals surface area contributed by atoms with Gasteiger partial charge in [-0.05, 0) is 69.5 Å². The molecule has 0 unspecified atom stereocenters. The SMILES string of the molecule is O=C(C1CCCCC1)N1CCN(c2ccc(OCCCN3CCCCC3)cc2)C(=O)C1. The minimum absolute atomic E-state index is 0.00519. The Morgan fingerprint density at radius 3 is 2.32 bits per heavy atom. The van der Waals surface area contributed by atoms with E-state index in [1.165, 1.54) is 38.8 Å². The number of likely N-dealkylation sites (tertiary alicyclic amines) is 1. The van der Waals surface area contributed by atoms with Crippen LogP contribution >= 0.6 is 0 Å². The maximum Gasteiger partial charge on any atom is 0.246 e.